The van der Waals surface area contributed by atoms with Crippen LogP contribution in [0.4, 0.5) is 0 Å². The number of aliphatic hydroxyl groups excluding tert-OH is 1. The Morgan fingerprint density at radius 1 is 1.00 bits per heavy atom. The van der Waals surface area contributed by atoms with Crippen LogP contribution in [0.5, 0.6) is 0 Å². The van der Waals surface area contributed by atoms with Crippen molar-refractivity contribution in [3.8, 4) is 11.1 Å². The monoisotopic (exact) mass is 445 g/mol. The van der Waals surface area contributed by atoms with Crippen LogP contribution in [0.25, 0.3) is 22.3 Å². The van der Waals surface area contributed by atoms with E-state index in [1.165, 1.54) is 6.20 Å². The van der Waals surface area contributed by atoms with E-state index in [-0.39, 0.29) is 12.0 Å². The third kappa shape index (κ3) is 5.39. The molecule has 2 aromatic carbocycles. The highest BCUT2D eigenvalue weighted by atomic mass is 16.4. The molecule has 0 fully saturated rings. The van der Waals surface area contributed by atoms with Crippen molar-refractivity contribution < 1.29 is 19.8 Å². The Bertz CT molecular complexity index is 1240. The molecule has 1 unspecified atom stereocenters. The number of H-pyrrole nitrogens is 1. The van der Waals surface area contributed by atoms with Gasteiger partial charge in [-0.3, -0.25) is 9.59 Å². The molecule has 4 rings (SSSR count). The maximum atomic E-state index is 12.9. The Balaban J connectivity index is 1.52. The number of carbonyl (C=O) groups is 2. The Morgan fingerprint density at radius 2 is 1.73 bits per heavy atom. The molecule has 4 aromatic rings. The molecule has 0 saturated heterocycles. The summed E-state index contributed by atoms with van der Waals surface area (Å²) < 4.78 is 0. The zero-order chi connectivity index (χ0) is 23.2. The van der Waals surface area contributed by atoms with Gasteiger partial charge in [0.25, 0.3) is 5.91 Å². The molecule has 1 amide bonds. The summed E-state index contributed by atoms with van der Waals surface area (Å²) >= 11 is 0. The summed E-state index contributed by atoms with van der Waals surface area (Å²) in [6, 6.07) is 18.9. The highest BCUT2D eigenvalue weighted by molar-refractivity contribution is 5.96. The Kier molecular flexibility index (Phi) is 6.70. The second kappa shape index (κ2) is 10.0. The van der Waals surface area contributed by atoms with E-state index in [0.717, 1.165) is 16.7 Å². The first-order chi connectivity index (χ1) is 16.0. The van der Waals surface area contributed by atoms with Crippen LogP contribution >= 0.6 is 0 Å². The van der Waals surface area contributed by atoms with Crippen LogP contribution in [-0.4, -0.2) is 55.1 Å². The van der Waals surface area contributed by atoms with Crippen LogP contribution in [0.3, 0.4) is 0 Å². The molecule has 2 heterocycles. The van der Waals surface area contributed by atoms with Gasteiger partial charge in [-0.05, 0) is 35.6 Å². The first-order valence-electron chi connectivity index (χ1n) is 10.5. The van der Waals surface area contributed by atoms with Gasteiger partial charge in [0, 0.05) is 12.2 Å². The average Bonchev–Trinajstić information content (AvgIpc) is 3.31. The number of hydrogen-bond donors (Lipinski definition) is 4. The fraction of sp³-hybridized carbons (Fsp3) is 0.208. The number of nitrogens with one attached hydrogen (secondary N) is 2. The highest BCUT2D eigenvalue weighted by Crippen LogP contribution is 2.21. The van der Waals surface area contributed by atoms with Crippen LogP contribution < -0.4 is 5.32 Å². The minimum atomic E-state index is -1.11. The second-order valence-electron chi connectivity index (χ2n) is 7.78. The average molecular weight is 445 g/mol. The number of nitrogens with zero attached hydrogens (tertiary/aromatic N) is 3. The molecule has 0 aliphatic carbocycles. The first kappa shape index (κ1) is 22.1. The van der Waals surface area contributed by atoms with Crippen molar-refractivity contribution in [3.63, 3.8) is 0 Å². The van der Waals surface area contributed by atoms with E-state index >= 15 is 0 Å². The van der Waals surface area contributed by atoms with Crippen molar-refractivity contribution in [2.75, 3.05) is 6.61 Å². The molecule has 0 aliphatic rings. The van der Waals surface area contributed by atoms with Gasteiger partial charge >= 0.3 is 5.97 Å². The molecule has 9 nitrogen and oxygen atoms in total. The molecule has 0 spiro atoms. The van der Waals surface area contributed by atoms with Gasteiger partial charge in [-0.25, -0.2) is 4.98 Å². The van der Waals surface area contributed by atoms with Crippen molar-refractivity contribution in [1.82, 2.24) is 25.7 Å². The van der Waals surface area contributed by atoms with Crippen LogP contribution in [-0.2, 0) is 11.2 Å². The van der Waals surface area contributed by atoms with Gasteiger partial charge in [-0.2, -0.15) is 10.3 Å². The van der Waals surface area contributed by atoms with Gasteiger partial charge < -0.3 is 15.5 Å². The number of pyridine rings is 1. The summed E-state index contributed by atoms with van der Waals surface area (Å²) in [5.41, 5.74) is 4.23. The molecule has 0 aliphatic heterocycles. The first-order valence-corrected chi connectivity index (χ1v) is 10.5. The Hall–Kier alpha value is -4.11. The zero-order valence-corrected chi connectivity index (χ0v) is 17.7. The highest BCUT2D eigenvalue weighted by Gasteiger charge is 2.24. The third-order valence-electron chi connectivity index (χ3n) is 5.45. The number of carboxylic acid groups (broad SMARTS) is 1. The van der Waals surface area contributed by atoms with Crippen LogP contribution in [0.2, 0.25) is 0 Å². The molecule has 0 bridgehead atoms. The molecule has 2 atom stereocenters. The number of benzene rings is 2. The normalized spacial score (nSPS) is 12.9. The maximum absolute atomic E-state index is 12.9. The van der Waals surface area contributed by atoms with Crippen molar-refractivity contribution >= 4 is 23.0 Å². The summed E-state index contributed by atoms with van der Waals surface area (Å²) in [6.07, 6.45) is 1.88. The number of carbonyl (C=O) groups excluding carboxylic acids is 1. The number of carboxylic acids is 1. The number of aliphatic hydroxyl groups is 1. The molecule has 33 heavy (non-hydrogen) atoms. The van der Waals surface area contributed by atoms with Crippen molar-refractivity contribution in [2.45, 2.75) is 18.9 Å². The lowest BCUT2D eigenvalue weighted by Gasteiger charge is -2.22. The van der Waals surface area contributed by atoms with Crippen molar-refractivity contribution in [2.24, 2.45) is 5.92 Å². The van der Waals surface area contributed by atoms with E-state index in [1.54, 1.807) is 6.07 Å². The number of aromatic nitrogens is 4. The van der Waals surface area contributed by atoms with E-state index in [2.05, 4.69) is 25.7 Å². The standard InChI is InChI=1S/C24H23N5O4/c30-14-19(24(32)33)11-20(26-23(31)18-12-21-22(25-13-18)28-29-27-21)10-15-6-8-17(9-7-15)16-4-2-1-3-5-16/h1-9,12-13,19-20,30H,10-11,14H2,(H,26,31)(H,32,33)(H,25,27,28,29)/t19?,20-/m1/s1. The topological polar surface area (TPSA) is 141 Å². The summed E-state index contributed by atoms with van der Waals surface area (Å²) in [5, 5.41) is 32.0. The summed E-state index contributed by atoms with van der Waals surface area (Å²) in [4.78, 5) is 28.5. The number of aliphatic carboxylic acids is 1. The smallest absolute Gasteiger partial charge is 0.308 e. The molecule has 168 valence electrons. The number of rotatable bonds is 9. The molecule has 2 aromatic heterocycles. The van der Waals surface area contributed by atoms with Crippen LogP contribution in [0, 0.1) is 5.92 Å². The lowest BCUT2D eigenvalue weighted by Crippen LogP contribution is -2.39. The zero-order valence-electron chi connectivity index (χ0n) is 17.7. The molecular weight excluding hydrogens is 422 g/mol. The summed E-state index contributed by atoms with van der Waals surface area (Å²) in [5.74, 6) is -2.50. The van der Waals surface area contributed by atoms with E-state index in [9.17, 15) is 19.8 Å². The lowest BCUT2D eigenvalue weighted by atomic mass is 9.94. The molecule has 4 N–H and O–H groups in total. The quantitative estimate of drug-likeness (QED) is 0.310. The minimum absolute atomic E-state index is 0.0810. The molecule has 0 saturated carbocycles. The number of amides is 1. The number of fused-ring (bicyclic) bond motifs is 1. The van der Waals surface area contributed by atoms with Gasteiger partial charge in [0.15, 0.2) is 0 Å². The van der Waals surface area contributed by atoms with Gasteiger partial charge in [0.05, 0.1) is 18.1 Å². The molecule has 0 radical (unpaired) electrons. The van der Waals surface area contributed by atoms with Gasteiger partial charge in [0.2, 0.25) is 5.65 Å². The fourth-order valence-electron chi connectivity index (χ4n) is 3.67. The van der Waals surface area contributed by atoms with E-state index in [0.29, 0.717) is 17.6 Å². The van der Waals surface area contributed by atoms with Gasteiger partial charge in [0.1, 0.15) is 5.52 Å². The predicted octanol–water partition coefficient (Wildman–Crippen LogP) is 2.44. The molecular formula is C24H23N5O4. The Morgan fingerprint density at radius 3 is 2.42 bits per heavy atom. The summed E-state index contributed by atoms with van der Waals surface area (Å²) in [6.45, 7) is -0.513. The Labute approximate surface area is 189 Å². The largest absolute Gasteiger partial charge is 0.481 e. The summed E-state index contributed by atoms with van der Waals surface area (Å²) in [7, 11) is 0. The van der Waals surface area contributed by atoms with Gasteiger partial charge in [-0.15, -0.1) is 5.10 Å². The predicted molar refractivity (Wildman–Crippen MR) is 121 cm³/mol. The van der Waals surface area contributed by atoms with E-state index in [4.69, 9.17) is 0 Å². The van der Waals surface area contributed by atoms with E-state index < -0.39 is 30.4 Å². The SMILES string of the molecule is O=C(N[C@H](Cc1ccc(-c2ccccc2)cc1)CC(CO)C(=O)O)c1cnc2n[nH]nc2c1. The maximum Gasteiger partial charge on any atom is 0.308 e. The number of hydrogen-bond acceptors (Lipinski definition) is 6. The van der Waals surface area contributed by atoms with Crippen LogP contribution in [0.1, 0.15) is 22.3 Å². The van der Waals surface area contributed by atoms with Crippen LogP contribution in [0.15, 0.2) is 66.9 Å². The molecule has 9 heteroatoms. The minimum Gasteiger partial charge on any atom is -0.481 e. The van der Waals surface area contributed by atoms with Gasteiger partial charge in [-0.1, -0.05) is 54.6 Å². The van der Waals surface area contributed by atoms with Crippen molar-refractivity contribution in [1.29, 1.82) is 0 Å². The fourth-order valence-corrected chi connectivity index (χ4v) is 3.67. The lowest BCUT2D eigenvalue weighted by molar-refractivity contribution is -0.143. The second-order valence-corrected chi connectivity index (χ2v) is 7.78. The number of aromatic amines is 1. The third-order valence-corrected chi connectivity index (χ3v) is 5.45. The van der Waals surface area contributed by atoms with E-state index in [1.807, 2.05) is 54.6 Å². The van der Waals surface area contributed by atoms with Crippen molar-refractivity contribution in [3.05, 3.63) is 78.0 Å².